The lowest BCUT2D eigenvalue weighted by atomic mass is 9.98. The number of halogens is 3. The highest BCUT2D eigenvalue weighted by Crippen LogP contribution is 2.33. The molecule has 0 atom stereocenters. The highest BCUT2D eigenvalue weighted by Gasteiger charge is 2.41. The van der Waals surface area contributed by atoms with Crippen molar-refractivity contribution >= 4 is 15.9 Å². The Morgan fingerprint density at radius 2 is 1.68 bits per heavy atom. The summed E-state index contributed by atoms with van der Waals surface area (Å²) in [4.78, 5) is 12.0. The lowest BCUT2D eigenvalue weighted by molar-refractivity contribution is -0.137. The number of rotatable bonds is 7. The topological polar surface area (TPSA) is 66.5 Å². The summed E-state index contributed by atoms with van der Waals surface area (Å²) in [5, 5.41) is 2.67. The Morgan fingerprint density at radius 3 is 2.21 bits per heavy atom. The highest BCUT2D eigenvalue weighted by molar-refractivity contribution is 7.90. The van der Waals surface area contributed by atoms with Crippen molar-refractivity contribution in [3.8, 4) is 0 Å². The number of carbonyl (C=O) groups excluding carboxylic acids is 1. The SMILES string of the molecule is O=C(CCc1ccc(C(F)(F)F)cc1)NCC1CCN(S(=O)(=O)C2CC2)CC1. The molecule has 156 valence electrons. The molecule has 0 bridgehead atoms. The Hall–Kier alpha value is -1.61. The van der Waals surface area contributed by atoms with E-state index in [0.29, 0.717) is 31.6 Å². The third-order valence-electron chi connectivity index (χ3n) is 5.39. The van der Waals surface area contributed by atoms with Crippen LogP contribution in [-0.4, -0.2) is 43.5 Å². The number of piperidine rings is 1. The minimum absolute atomic E-state index is 0.145. The molecule has 28 heavy (non-hydrogen) atoms. The van der Waals surface area contributed by atoms with Gasteiger partial charge in [0, 0.05) is 26.1 Å². The number of alkyl halides is 3. The number of aryl methyl sites for hydroxylation is 1. The first-order chi connectivity index (χ1) is 13.2. The fourth-order valence-electron chi connectivity index (χ4n) is 3.41. The maximum atomic E-state index is 12.5. The Kier molecular flexibility index (Phi) is 6.34. The Labute approximate surface area is 163 Å². The lowest BCUT2D eigenvalue weighted by Gasteiger charge is -2.31. The molecule has 2 aliphatic rings. The van der Waals surface area contributed by atoms with Crippen molar-refractivity contribution in [2.24, 2.45) is 5.92 Å². The molecule has 1 aliphatic heterocycles. The standard InChI is InChI=1S/C19H25F3N2O3S/c20-19(21,22)16-4-1-14(2-5-16)3-8-18(25)23-13-15-9-11-24(12-10-15)28(26,27)17-6-7-17/h1-2,4-5,15,17H,3,6-13H2,(H,23,25). The average Bonchev–Trinajstić information content (AvgIpc) is 3.50. The van der Waals surface area contributed by atoms with Crippen molar-refractivity contribution in [1.82, 2.24) is 9.62 Å². The number of nitrogens with zero attached hydrogens (tertiary/aromatic N) is 1. The quantitative estimate of drug-likeness (QED) is 0.740. The number of hydrogen-bond donors (Lipinski definition) is 1. The monoisotopic (exact) mass is 418 g/mol. The van der Waals surface area contributed by atoms with Crippen LogP contribution in [0.15, 0.2) is 24.3 Å². The van der Waals surface area contributed by atoms with Gasteiger partial charge < -0.3 is 5.32 Å². The van der Waals surface area contributed by atoms with Crippen molar-refractivity contribution < 1.29 is 26.4 Å². The van der Waals surface area contributed by atoms with E-state index in [4.69, 9.17) is 0 Å². The van der Waals surface area contributed by atoms with Crippen LogP contribution in [0.3, 0.4) is 0 Å². The summed E-state index contributed by atoms with van der Waals surface area (Å²) in [5.74, 6) is 0.105. The van der Waals surface area contributed by atoms with E-state index in [2.05, 4.69) is 5.32 Å². The second-order valence-corrected chi connectivity index (χ2v) is 9.80. The fourth-order valence-corrected chi connectivity index (χ4v) is 5.28. The molecule has 1 aromatic rings. The molecular formula is C19H25F3N2O3S. The third-order valence-corrected chi connectivity index (χ3v) is 7.79. The largest absolute Gasteiger partial charge is 0.416 e. The zero-order chi connectivity index (χ0) is 20.4. The van der Waals surface area contributed by atoms with Gasteiger partial charge in [-0.3, -0.25) is 4.79 Å². The van der Waals surface area contributed by atoms with E-state index in [1.807, 2.05) is 0 Å². The predicted molar refractivity (Wildman–Crippen MR) is 99.0 cm³/mol. The van der Waals surface area contributed by atoms with Gasteiger partial charge in [-0.15, -0.1) is 0 Å². The Morgan fingerprint density at radius 1 is 1.07 bits per heavy atom. The van der Waals surface area contributed by atoms with Crippen LogP contribution >= 0.6 is 0 Å². The highest BCUT2D eigenvalue weighted by atomic mass is 32.2. The molecule has 1 aliphatic carbocycles. The molecule has 1 amide bonds. The van der Waals surface area contributed by atoms with Crippen LogP contribution in [0, 0.1) is 5.92 Å². The number of hydrogen-bond acceptors (Lipinski definition) is 3. The van der Waals surface area contributed by atoms with Gasteiger partial charge in [0.25, 0.3) is 0 Å². The smallest absolute Gasteiger partial charge is 0.356 e. The minimum atomic E-state index is -4.36. The molecule has 5 nitrogen and oxygen atoms in total. The second-order valence-electron chi connectivity index (χ2n) is 7.59. The van der Waals surface area contributed by atoms with E-state index in [0.717, 1.165) is 37.8 Å². The van der Waals surface area contributed by atoms with Crippen molar-refractivity contribution in [1.29, 1.82) is 0 Å². The summed E-state index contributed by atoms with van der Waals surface area (Å²) >= 11 is 0. The number of nitrogens with one attached hydrogen (secondary N) is 1. The maximum absolute atomic E-state index is 12.5. The molecule has 0 aromatic heterocycles. The van der Waals surface area contributed by atoms with Crippen LogP contribution in [0.2, 0.25) is 0 Å². The van der Waals surface area contributed by atoms with Gasteiger partial charge in [-0.2, -0.15) is 13.2 Å². The summed E-state index contributed by atoms with van der Waals surface area (Å²) in [6.07, 6.45) is -0.795. The van der Waals surface area contributed by atoms with Crippen LogP contribution in [0.5, 0.6) is 0 Å². The molecule has 1 aromatic carbocycles. The van der Waals surface area contributed by atoms with Crippen molar-refractivity contribution in [2.45, 2.75) is 50.0 Å². The van der Waals surface area contributed by atoms with Crippen LogP contribution in [0.25, 0.3) is 0 Å². The van der Waals surface area contributed by atoms with E-state index >= 15 is 0 Å². The average molecular weight is 418 g/mol. The Bertz CT molecular complexity index is 782. The number of benzene rings is 1. The molecule has 1 heterocycles. The van der Waals surface area contributed by atoms with Gasteiger partial charge in [0.1, 0.15) is 0 Å². The summed E-state index contributed by atoms with van der Waals surface area (Å²) in [5.41, 5.74) is -0.0162. The zero-order valence-corrected chi connectivity index (χ0v) is 16.4. The number of amides is 1. The predicted octanol–water partition coefficient (Wildman–Crippen LogP) is 2.96. The first-order valence-electron chi connectivity index (χ1n) is 9.58. The van der Waals surface area contributed by atoms with E-state index in [1.165, 1.54) is 12.1 Å². The van der Waals surface area contributed by atoms with Crippen molar-refractivity contribution in [3.63, 3.8) is 0 Å². The number of carbonyl (C=O) groups is 1. The van der Waals surface area contributed by atoms with E-state index in [-0.39, 0.29) is 23.5 Å². The fraction of sp³-hybridized carbons (Fsp3) is 0.632. The first-order valence-corrected chi connectivity index (χ1v) is 11.1. The molecule has 0 unspecified atom stereocenters. The van der Waals surface area contributed by atoms with E-state index < -0.39 is 21.8 Å². The van der Waals surface area contributed by atoms with Gasteiger partial charge in [0.05, 0.1) is 10.8 Å². The van der Waals surface area contributed by atoms with E-state index in [1.54, 1.807) is 4.31 Å². The van der Waals surface area contributed by atoms with Crippen LogP contribution < -0.4 is 5.32 Å². The summed E-state index contributed by atoms with van der Waals surface area (Å²) in [7, 11) is -3.12. The summed E-state index contributed by atoms with van der Waals surface area (Å²) < 4.78 is 63.6. The molecule has 1 saturated heterocycles. The summed E-state index contributed by atoms with van der Waals surface area (Å²) in [6.45, 7) is 1.51. The normalized spacial score (nSPS) is 19.5. The second kappa shape index (κ2) is 8.41. The van der Waals surface area contributed by atoms with Gasteiger partial charge in [-0.1, -0.05) is 12.1 Å². The van der Waals surface area contributed by atoms with Gasteiger partial charge in [-0.05, 0) is 55.7 Å². The zero-order valence-electron chi connectivity index (χ0n) is 15.5. The van der Waals surface area contributed by atoms with Crippen LogP contribution in [0.4, 0.5) is 13.2 Å². The molecular weight excluding hydrogens is 393 g/mol. The molecule has 3 rings (SSSR count). The number of sulfonamides is 1. The molecule has 1 saturated carbocycles. The lowest BCUT2D eigenvalue weighted by Crippen LogP contribution is -2.42. The molecule has 1 N–H and O–H groups in total. The molecule has 2 fully saturated rings. The van der Waals surface area contributed by atoms with Gasteiger partial charge in [0.2, 0.25) is 15.9 Å². The van der Waals surface area contributed by atoms with Crippen molar-refractivity contribution in [2.75, 3.05) is 19.6 Å². The van der Waals surface area contributed by atoms with Gasteiger partial charge in [0.15, 0.2) is 0 Å². The van der Waals surface area contributed by atoms with Crippen LogP contribution in [0.1, 0.15) is 43.2 Å². The Balaban J connectivity index is 1.36. The first kappa shape index (κ1) is 21.1. The van der Waals surface area contributed by atoms with Crippen molar-refractivity contribution in [3.05, 3.63) is 35.4 Å². The van der Waals surface area contributed by atoms with E-state index in [9.17, 15) is 26.4 Å². The summed E-state index contributed by atoms with van der Waals surface area (Å²) in [6, 6.07) is 4.84. The minimum Gasteiger partial charge on any atom is -0.356 e. The maximum Gasteiger partial charge on any atom is 0.416 e. The molecule has 0 radical (unpaired) electrons. The molecule has 9 heteroatoms. The van der Waals surface area contributed by atoms with Crippen LogP contribution in [-0.2, 0) is 27.4 Å². The molecule has 0 spiro atoms. The third kappa shape index (κ3) is 5.47. The van der Waals surface area contributed by atoms with Gasteiger partial charge in [-0.25, -0.2) is 12.7 Å². The van der Waals surface area contributed by atoms with Gasteiger partial charge >= 0.3 is 6.18 Å².